The van der Waals surface area contributed by atoms with E-state index in [0.717, 1.165) is 24.0 Å². The fourth-order valence-corrected chi connectivity index (χ4v) is 5.47. The van der Waals surface area contributed by atoms with Crippen LogP contribution in [0.2, 0.25) is 0 Å². The highest BCUT2D eigenvalue weighted by atomic mass is 19.1. The number of nitrogens with zero attached hydrogens (tertiary/aromatic N) is 1. The third kappa shape index (κ3) is 6.85. The van der Waals surface area contributed by atoms with Crippen LogP contribution >= 0.6 is 0 Å². The topological polar surface area (TPSA) is 85.0 Å². The van der Waals surface area contributed by atoms with Gasteiger partial charge in [0.1, 0.15) is 5.75 Å². The number of nitrogens with two attached hydrogens (primary N) is 1. The van der Waals surface area contributed by atoms with E-state index in [-0.39, 0.29) is 17.6 Å². The summed E-state index contributed by atoms with van der Waals surface area (Å²) in [7, 11) is 1.65. The Labute approximate surface area is 230 Å². The van der Waals surface area contributed by atoms with Gasteiger partial charge in [0.15, 0.2) is 11.6 Å². The number of likely N-dealkylation sites (tertiary alicyclic amines) is 1. The minimum Gasteiger partial charge on any atom is -0.454 e. The lowest BCUT2D eigenvalue weighted by Gasteiger charge is -2.43. The molecule has 0 radical (unpaired) electrons. The number of unbranched alkanes of at least 4 members (excludes halogenated alkanes) is 1. The monoisotopic (exact) mass is 534 g/mol. The Morgan fingerprint density at radius 2 is 1.90 bits per heavy atom. The van der Waals surface area contributed by atoms with Crippen molar-refractivity contribution in [3.8, 4) is 11.5 Å². The number of benzene rings is 3. The molecule has 0 saturated carbocycles. The number of carbonyl (C=O) groups excluding carboxylic acids is 1. The van der Waals surface area contributed by atoms with Gasteiger partial charge in [-0.15, -0.1) is 0 Å². The number of aryl methyl sites for hydroxylation is 1. The summed E-state index contributed by atoms with van der Waals surface area (Å²) in [6.45, 7) is 3.89. The summed E-state index contributed by atoms with van der Waals surface area (Å²) in [6, 6.07) is 19.4. The Kier molecular flexibility index (Phi) is 9.73. The lowest BCUT2D eigenvalue weighted by Crippen LogP contribution is -2.48. The number of halogens is 1. The van der Waals surface area contributed by atoms with Crippen molar-refractivity contribution in [2.75, 3.05) is 26.8 Å². The Bertz CT molecular complexity index is 1250. The largest absolute Gasteiger partial charge is 0.454 e. The van der Waals surface area contributed by atoms with Gasteiger partial charge in [0.2, 0.25) is 0 Å². The van der Waals surface area contributed by atoms with Crippen LogP contribution in [0.4, 0.5) is 4.39 Å². The van der Waals surface area contributed by atoms with Gasteiger partial charge in [0.05, 0.1) is 5.60 Å². The van der Waals surface area contributed by atoms with Crippen LogP contribution in [0, 0.1) is 18.7 Å². The van der Waals surface area contributed by atoms with Gasteiger partial charge in [-0.05, 0) is 80.5 Å². The SMILES string of the molecule is COCCCCC(O)(c1cccc(F)c1Oc1cccc(C)c1)C1CCCN(C(=O)c2ccc(CN)cc2)C1. The van der Waals surface area contributed by atoms with E-state index in [9.17, 15) is 9.90 Å². The van der Waals surface area contributed by atoms with E-state index in [2.05, 4.69) is 0 Å². The standard InChI is InChI=1S/C32H39FN2O4/c1-23-8-5-10-27(20-23)39-30-28(11-6-12-29(30)33)32(37,17-3-4-19-38-2)26-9-7-18-35(22-26)31(36)25-15-13-24(21-34)14-16-25/h5-6,8,10-16,20,26,37H,3-4,7,9,17-19,21-22,34H2,1-2H3. The normalized spacial score (nSPS) is 17.1. The Hall–Kier alpha value is -3.26. The van der Waals surface area contributed by atoms with Crippen LogP contribution in [0.25, 0.3) is 0 Å². The van der Waals surface area contributed by atoms with Crippen molar-refractivity contribution >= 4 is 5.91 Å². The first-order chi connectivity index (χ1) is 18.9. The molecule has 208 valence electrons. The first-order valence-electron chi connectivity index (χ1n) is 13.7. The molecule has 39 heavy (non-hydrogen) atoms. The molecule has 1 saturated heterocycles. The summed E-state index contributed by atoms with van der Waals surface area (Å²) < 4.78 is 26.7. The molecule has 0 bridgehead atoms. The smallest absolute Gasteiger partial charge is 0.253 e. The lowest BCUT2D eigenvalue weighted by molar-refractivity contribution is -0.0592. The molecule has 1 aliphatic heterocycles. The van der Waals surface area contributed by atoms with Crippen LogP contribution in [0.5, 0.6) is 11.5 Å². The maximum Gasteiger partial charge on any atom is 0.253 e. The number of methoxy groups -OCH3 is 1. The first kappa shape index (κ1) is 28.7. The zero-order valence-corrected chi connectivity index (χ0v) is 22.9. The van der Waals surface area contributed by atoms with Gasteiger partial charge in [0.25, 0.3) is 5.91 Å². The van der Waals surface area contributed by atoms with Crippen LogP contribution in [0.15, 0.2) is 66.7 Å². The third-order valence-electron chi connectivity index (χ3n) is 7.62. The maximum atomic E-state index is 15.3. The highest BCUT2D eigenvalue weighted by Gasteiger charge is 2.43. The Balaban J connectivity index is 1.66. The van der Waals surface area contributed by atoms with Crippen LogP contribution in [0.1, 0.15) is 59.2 Å². The molecular weight excluding hydrogens is 495 g/mol. The molecule has 1 heterocycles. The van der Waals surface area contributed by atoms with Crippen LogP contribution in [-0.2, 0) is 16.9 Å². The van der Waals surface area contributed by atoms with Gasteiger partial charge in [-0.1, -0.05) is 36.4 Å². The summed E-state index contributed by atoms with van der Waals surface area (Å²) in [5.41, 5.74) is 7.25. The molecule has 4 rings (SSSR count). The molecule has 3 aromatic rings. The van der Waals surface area contributed by atoms with Crippen molar-refractivity contribution in [1.29, 1.82) is 0 Å². The van der Waals surface area contributed by atoms with Gasteiger partial charge in [-0.2, -0.15) is 0 Å². The second kappa shape index (κ2) is 13.2. The highest BCUT2D eigenvalue weighted by Crippen LogP contribution is 2.45. The lowest BCUT2D eigenvalue weighted by atomic mass is 9.73. The maximum absolute atomic E-state index is 15.3. The second-order valence-corrected chi connectivity index (χ2v) is 10.4. The van der Waals surface area contributed by atoms with E-state index in [1.807, 2.05) is 37.3 Å². The average molecular weight is 535 g/mol. The number of aliphatic hydroxyl groups is 1. The molecule has 2 atom stereocenters. The molecular formula is C32H39FN2O4. The quantitative estimate of drug-likeness (QED) is 0.297. The van der Waals surface area contributed by atoms with E-state index in [1.165, 1.54) is 6.07 Å². The molecule has 0 aliphatic carbocycles. The zero-order chi connectivity index (χ0) is 27.8. The summed E-state index contributed by atoms with van der Waals surface area (Å²) >= 11 is 0. The number of piperidine rings is 1. The van der Waals surface area contributed by atoms with Crippen molar-refractivity contribution in [2.45, 2.75) is 51.2 Å². The molecule has 0 spiro atoms. The minimum atomic E-state index is -1.41. The molecule has 6 nitrogen and oxygen atoms in total. The van der Waals surface area contributed by atoms with Crippen molar-refractivity contribution < 1.29 is 23.8 Å². The Morgan fingerprint density at radius 1 is 1.13 bits per heavy atom. The second-order valence-electron chi connectivity index (χ2n) is 10.4. The number of carbonyl (C=O) groups is 1. The summed E-state index contributed by atoms with van der Waals surface area (Å²) in [5.74, 6) is -0.390. The van der Waals surface area contributed by atoms with Crippen molar-refractivity contribution in [2.24, 2.45) is 11.7 Å². The number of para-hydroxylation sites is 1. The fourth-order valence-electron chi connectivity index (χ4n) is 5.47. The van der Waals surface area contributed by atoms with Gasteiger partial charge < -0.3 is 25.2 Å². The van der Waals surface area contributed by atoms with Crippen molar-refractivity contribution in [3.05, 3.63) is 94.8 Å². The summed E-state index contributed by atoms with van der Waals surface area (Å²) in [4.78, 5) is 15.2. The molecule has 3 aromatic carbocycles. The first-order valence-corrected chi connectivity index (χ1v) is 13.7. The van der Waals surface area contributed by atoms with Gasteiger partial charge in [-0.25, -0.2) is 4.39 Å². The predicted octanol–water partition coefficient (Wildman–Crippen LogP) is 5.94. The number of hydrogen-bond acceptors (Lipinski definition) is 5. The summed E-state index contributed by atoms with van der Waals surface area (Å²) in [5, 5.41) is 12.4. The van der Waals surface area contributed by atoms with Gasteiger partial charge in [-0.3, -0.25) is 4.79 Å². The molecule has 1 amide bonds. The van der Waals surface area contributed by atoms with E-state index >= 15 is 4.39 Å². The molecule has 7 heteroatoms. The predicted molar refractivity (Wildman–Crippen MR) is 150 cm³/mol. The highest BCUT2D eigenvalue weighted by molar-refractivity contribution is 5.94. The van der Waals surface area contributed by atoms with Crippen LogP contribution in [-0.4, -0.2) is 42.7 Å². The molecule has 0 aromatic heterocycles. The minimum absolute atomic E-state index is 0.0261. The van der Waals surface area contributed by atoms with Gasteiger partial charge in [0, 0.05) is 50.4 Å². The van der Waals surface area contributed by atoms with Crippen molar-refractivity contribution in [1.82, 2.24) is 4.90 Å². The molecule has 3 N–H and O–H groups in total. The van der Waals surface area contributed by atoms with Gasteiger partial charge >= 0.3 is 0 Å². The van der Waals surface area contributed by atoms with Crippen LogP contribution in [0.3, 0.4) is 0 Å². The molecule has 2 unspecified atom stereocenters. The van der Waals surface area contributed by atoms with Crippen molar-refractivity contribution in [3.63, 3.8) is 0 Å². The van der Waals surface area contributed by atoms with E-state index in [0.29, 0.717) is 62.4 Å². The number of hydrogen-bond donors (Lipinski definition) is 2. The summed E-state index contributed by atoms with van der Waals surface area (Å²) in [6.07, 6.45) is 3.26. The molecule has 1 aliphatic rings. The fraction of sp³-hybridized carbons (Fsp3) is 0.406. The Morgan fingerprint density at radius 3 is 2.62 bits per heavy atom. The molecule has 1 fully saturated rings. The number of ether oxygens (including phenoxy) is 2. The van der Waals surface area contributed by atoms with E-state index < -0.39 is 11.4 Å². The number of amides is 1. The zero-order valence-electron chi connectivity index (χ0n) is 22.9. The third-order valence-corrected chi connectivity index (χ3v) is 7.62. The average Bonchev–Trinajstić information content (AvgIpc) is 2.96. The van der Waals surface area contributed by atoms with E-state index in [4.69, 9.17) is 15.2 Å². The van der Waals surface area contributed by atoms with Crippen LogP contribution < -0.4 is 10.5 Å². The van der Waals surface area contributed by atoms with E-state index in [1.54, 1.807) is 42.3 Å². The number of rotatable bonds is 11.